The van der Waals surface area contributed by atoms with E-state index in [1.54, 1.807) is 43.3 Å². The summed E-state index contributed by atoms with van der Waals surface area (Å²) in [4.78, 5) is 23.4. The minimum atomic E-state index is -0.169. The molecule has 0 heterocycles. The van der Waals surface area contributed by atoms with E-state index in [0.29, 0.717) is 17.7 Å². The summed E-state index contributed by atoms with van der Waals surface area (Å²) in [5.41, 5.74) is 2.00. The Balaban J connectivity index is 1.94. The number of anilines is 2. The minimum absolute atomic E-state index is 0.145. The molecule has 7 heteroatoms. The highest BCUT2D eigenvalue weighted by Crippen LogP contribution is 2.15. The minimum Gasteiger partial charge on any atom is -0.332 e. The SMILES string of the molecule is CCC(=O)NC(=S)Nc1ccc(NC(=O)c2ccc(I)cc2)cc1. The largest absolute Gasteiger partial charge is 0.332 e. The molecular weight excluding hydrogens is 437 g/mol. The second-order valence-corrected chi connectivity index (χ2v) is 6.55. The van der Waals surface area contributed by atoms with Crippen molar-refractivity contribution in [3.63, 3.8) is 0 Å². The highest BCUT2D eigenvalue weighted by atomic mass is 127. The van der Waals surface area contributed by atoms with Gasteiger partial charge in [0.25, 0.3) is 5.91 Å². The number of amides is 2. The molecule has 0 bridgehead atoms. The van der Waals surface area contributed by atoms with E-state index in [-0.39, 0.29) is 16.9 Å². The van der Waals surface area contributed by atoms with Crippen LogP contribution in [0.3, 0.4) is 0 Å². The molecule has 0 saturated carbocycles. The lowest BCUT2D eigenvalue weighted by atomic mass is 10.2. The van der Waals surface area contributed by atoms with Crippen LogP contribution < -0.4 is 16.0 Å². The molecule has 2 aromatic rings. The first-order chi connectivity index (χ1) is 11.5. The summed E-state index contributed by atoms with van der Waals surface area (Å²) in [7, 11) is 0. The van der Waals surface area contributed by atoms with Crippen LogP contribution in [0.25, 0.3) is 0 Å². The molecule has 124 valence electrons. The molecule has 0 aliphatic heterocycles. The van der Waals surface area contributed by atoms with Crippen molar-refractivity contribution < 1.29 is 9.59 Å². The van der Waals surface area contributed by atoms with Crippen molar-refractivity contribution in [3.05, 3.63) is 57.7 Å². The van der Waals surface area contributed by atoms with E-state index >= 15 is 0 Å². The Hall–Kier alpha value is -2.00. The van der Waals surface area contributed by atoms with Gasteiger partial charge in [-0.2, -0.15) is 0 Å². The molecular formula is C17H16IN3O2S. The summed E-state index contributed by atoms with van der Waals surface area (Å²) < 4.78 is 1.07. The van der Waals surface area contributed by atoms with Crippen molar-refractivity contribution >= 4 is 63.1 Å². The van der Waals surface area contributed by atoms with Crippen LogP contribution in [0.5, 0.6) is 0 Å². The monoisotopic (exact) mass is 453 g/mol. The molecule has 24 heavy (non-hydrogen) atoms. The molecule has 0 aliphatic carbocycles. The molecule has 5 nitrogen and oxygen atoms in total. The maximum Gasteiger partial charge on any atom is 0.255 e. The lowest BCUT2D eigenvalue weighted by Crippen LogP contribution is -2.33. The van der Waals surface area contributed by atoms with Crippen molar-refractivity contribution in [1.29, 1.82) is 0 Å². The second kappa shape index (κ2) is 8.74. The Bertz CT molecular complexity index is 745. The number of rotatable bonds is 4. The molecule has 2 amide bonds. The number of thiocarbonyl (C=S) groups is 1. The third kappa shape index (κ3) is 5.57. The van der Waals surface area contributed by atoms with Crippen LogP contribution in [0.2, 0.25) is 0 Å². The van der Waals surface area contributed by atoms with Gasteiger partial charge in [-0.15, -0.1) is 0 Å². The van der Waals surface area contributed by atoms with Gasteiger partial charge in [0.05, 0.1) is 0 Å². The number of carbonyl (C=O) groups excluding carboxylic acids is 2. The zero-order valence-corrected chi connectivity index (χ0v) is 15.9. The highest BCUT2D eigenvalue weighted by molar-refractivity contribution is 14.1. The van der Waals surface area contributed by atoms with E-state index in [2.05, 4.69) is 38.5 Å². The Kier molecular flexibility index (Phi) is 6.68. The molecule has 0 radical (unpaired) electrons. The summed E-state index contributed by atoms with van der Waals surface area (Å²) in [6, 6.07) is 14.4. The quantitative estimate of drug-likeness (QED) is 0.487. The van der Waals surface area contributed by atoms with Crippen LogP contribution in [0.15, 0.2) is 48.5 Å². The molecule has 0 atom stereocenters. The van der Waals surface area contributed by atoms with Crippen molar-refractivity contribution in [2.75, 3.05) is 10.6 Å². The maximum atomic E-state index is 12.1. The van der Waals surface area contributed by atoms with Crippen molar-refractivity contribution in [1.82, 2.24) is 5.32 Å². The fourth-order valence-corrected chi connectivity index (χ4v) is 2.41. The molecule has 2 rings (SSSR count). The van der Waals surface area contributed by atoms with Crippen molar-refractivity contribution in [3.8, 4) is 0 Å². The number of carbonyl (C=O) groups is 2. The number of halogens is 1. The highest BCUT2D eigenvalue weighted by Gasteiger charge is 2.06. The first-order valence-electron chi connectivity index (χ1n) is 7.25. The van der Waals surface area contributed by atoms with Gasteiger partial charge in [-0.05, 0) is 83.3 Å². The summed E-state index contributed by atoms with van der Waals surface area (Å²) in [5, 5.41) is 8.55. The average molecular weight is 453 g/mol. The van der Waals surface area contributed by atoms with E-state index in [1.165, 1.54) is 0 Å². The first kappa shape index (κ1) is 18.3. The van der Waals surface area contributed by atoms with E-state index in [0.717, 1.165) is 9.26 Å². The fourth-order valence-electron chi connectivity index (χ4n) is 1.82. The van der Waals surface area contributed by atoms with Crippen molar-refractivity contribution in [2.24, 2.45) is 0 Å². The molecule has 0 aromatic heterocycles. The number of hydrogen-bond donors (Lipinski definition) is 3. The normalized spacial score (nSPS) is 9.92. The zero-order valence-electron chi connectivity index (χ0n) is 12.9. The smallest absolute Gasteiger partial charge is 0.255 e. The molecule has 0 aliphatic rings. The Morgan fingerprint density at radius 3 is 2.04 bits per heavy atom. The summed E-state index contributed by atoms with van der Waals surface area (Å²) in [6.45, 7) is 1.75. The van der Waals surface area contributed by atoms with Crippen molar-refractivity contribution in [2.45, 2.75) is 13.3 Å². The van der Waals surface area contributed by atoms with E-state index < -0.39 is 0 Å². The van der Waals surface area contributed by atoms with Gasteiger partial charge < -0.3 is 16.0 Å². The van der Waals surface area contributed by atoms with Crippen LogP contribution in [-0.4, -0.2) is 16.9 Å². The van der Waals surface area contributed by atoms with Crippen LogP contribution in [-0.2, 0) is 4.79 Å². The van der Waals surface area contributed by atoms with Crippen LogP contribution in [0.1, 0.15) is 23.7 Å². The van der Waals surface area contributed by atoms with Gasteiger partial charge in [0.2, 0.25) is 5.91 Å². The molecule has 0 spiro atoms. The predicted octanol–water partition coefficient (Wildman–Crippen LogP) is 3.77. The summed E-state index contributed by atoms with van der Waals surface area (Å²) in [5.74, 6) is -0.313. The molecule has 0 unspecified atom stereocenters. The standard InChI is InChI=1S/C17H16IN3O2S/c1-2-15(22)21-17(24)20-14-9-7-13(8-10-14)19-16(23)11-3-5-12(18)6-4-11/h3-10H,2H2,1H3,(H,19,23)(H2,20,21,22,24). The molecule has 0 saturated heterocycles. The van der Waals surface area contributed by atoms with Gasteiger partial charge in [-0.25, -0.2) is 0 Å². The molecule has 3 N–H and O–H groups in total. The average Bonchev–Trinajstić information content (AvgIpc) is 2.57. The van der Waals surface area contributed by atoms with Gasteiger partial charge in [0.1, 0.15) is 0 Å². The maximum absolute atomic E-state index is 12.1. The lowest BCUT2D eigenvalue weighted by molar-refractivity contribution is -0.119. The number of nitrogens with one attached hydrogen (secondary N) is 3. The zero-order chi connectivity index (χ0) is 17.5. The number of hydrogen-bond acceptors (Lipinski definition) is 3. The Labute approximate surface area is 159 Å². The lowest BCUT2D eigenvalue weighted by Gasteiger charge is -2.10. The van der Waals surface area contributed by atoms with Gasteiger partial charge in [0.15, 0.2) is 5.11 Å². The second-order valence-electron chi connectivity index (χ2n) is 4.89. The van der Waals surface area contributed by atoms with Gasteiger partial charge in [-0.1, -0.05) is 6.92 Å². The van der Waals surface area contributed by atoms with Gasteiger partial charge >= 0.3 is 0 Å². The van der Waals surface area contributed by atoms with E-state index in [1.807, 2.05) is 12.1 Å². The third-order valence-electron chi connectivity index (χ3n) is 3.08. The van der Waals surface area contributed by atoms with E-state index in [4.69, 9.17) is 12.2 Å². The van der Waals surface area contributed by atoms with Crippen LogP contribution in [0, 0.1) is 3.57 Å². The van der Waals surface area contributed by atoms with Gasteiger partial charge in [-0.3, -0.25) is 9.59 Å². The number of benzene rings is 2. The van der Waals surface area contributed by atoms with Crippen LogP contribution >= 0.6 is 34.8 Å². The Morgan fingerprint density at radius 1 is 0.958 bits per heavy atom. The fraction of sp³-hybridized carbons (Fsp3) is 0.118. The third-order valence-corrected chi connectivity index (χ3v) is 4.00. The molecule has 0 fully saturated rings. The molecule has 2 aromatic carbocycles. The Morgan fingerprint density at radius 2 is 1.50 bits per heavy atom. The summed E-state index contributed by atoms with van der Waals surface area (Å²) >= 11 is 7.23. The van der Waals surface area contributed by atoms with E-state index in [9.17, 15) is 9.59 Å². The van der Waals surface area contributed by atoms with Gasteiger partial charge in [0, 0.05) is 26.9 Å². The van der Waals surface area contributed by atoms with Crippen LogP contribution in [0.4, 0.5) is 11.4 Å². The topological polar surface area (TPSA) is 70.2 Å². The first-order valence-corrected chi connectivity index (χ1v) is 8.74. The summed E-state index contributed by atoms with van der Waals surface area (Å²) in [6.07, 6.45) is 0.366. The predicted molar refractivity (Wildman–Crippen MR) is 108 cm³/mol.